The first-order chi connectivity index (χ1) is 10.4. The van der Waals surface area contributed by atoms with E-state index in [2.05, 4.69) is 20.3 Å². The molecule has 0 saturated carbocycles. The third-order valence-electron chi connectivity index (χ3n) is 3.32. The molecule has 1 aliphatic heterocycles. The second-order valence-electron chi connectivity index (χ2n) is 5.08. The number of pyridine rings is 1. The molecule has 0 aliphatic carbocycles. The van der Waals surface area contributed by atoms with Gasteiger partial charge in [0.25, 0.3) is 0 Å². The lowest BCUT2D eigenvalue weighted by Gasteiger charge is -2.26. The number of hydrogen-bond acceptors (Lipinski definition) is 8. The molecular weight excluding hydrogens is 306 g/mol. The largest absolute Gasteiger partial charge is 0.384 e. The van der Waals surface area contributed by atoms with E-state index in [4.69, 9.17) is 10.5 Å². The van der Waals surface area contributed by atoms with Crippen LogP contribution in [0.25, 0.3) is 0 Å². The highest BCUT2D eigenvalue weighted by Crippen LogP contribution is 2.29. The number of anilines is 3. The zero-order valence-electron chi connectivity index (χ0n) is 11.9. The normalized spacial score (nSPS) is 15.3. The predicted molar refractivity (Wildman–Crippen MR) is 80.6 cm³/mol. The maximum atomic E-state index is 12.0. The van der Waals surface area contributed by atoms with Gasteiger partial charge in [0.1, 0.15) is 28.7 Å². The van der Waals surface area contributed by atoms with Crippen molar-refractivity contribution in [3.63, 3.8) is 0 Å². The van der Waals surface area contributed by atoms with Gasteiger partial charge in [-0.2, -0.15) is 0 Å². The molecule has 0 radical (unpaired) electrons. The minimum absolute atomic E-state index is 0.120. The molecule has 1 fully saturated rings. The molecule has 22 heavy (non-hydrogen) atoms. The predicted octanol–water partition coefficient (Wildman–Crippen LogP) is 0.715. The van der Waals surface area contributed by atoms with Crippen LogP contribution in [0.1, 0.15) is 11.5 Å². The summed E-state index contributed by atoms with van der Waals surface area (Å²) in [5.74, 6) is 1.06. The second kappa shape index (κ2) is 5.50. The minimum atomic E-state index is -3.44. The van der Waals surface area contributed by atoms with Crippen molar-refractivity contribution in [2.24, 2.45) is 0 Å². The van der Waals surface area contributed by atoms with E-state index in [1.807, 2.05) is 0 Å². The summed E-state index contributed by atoms with van der Waals surface area (Å²) in [5.41, 5.74) is 6.43. The lowest BCUT2D eigenvalue weighted by Crippen LogP contribution is -2.25. The van der Waals surface area contributed by atoms with E-state index in [-0.39, 0.29) is 22.4 Å². The molecular formula is C13H15N5O3S. The Morgan fingerprint density at radius 2 is 2.05 bits per heavy atom. The van der Waals surface area contributed by atoms with E-state index in [9.17, 15) is 8.42 Å². The average Bonchev–Trinajstić information content (AvgIpc) is 2.37. The number of aromatic nitrogens is 3. The Morgan fingerprint density at radius 1 is 1.27 bits per heavy atom. The highest BCUT2D eigenvalue weighted by molar-refractivity contribution is 7.90. The van der Waals surface area contributed by atoms with Crippen LogP contribution in [0.2, 0.25) is 0 Å². The van der Waals surface area contributed by atoms with Crippen molar-refractivity contribution < 1.29 is 13.2 Å². The van der Waals surface area contributed by atoms with Gasteiger partial charge in [0.05, 0.1) is 13.2 Å². The van der Waals surface area contributed by atoms with Gasteiger partial charge in [0.15, 0.2) is 9.84 Å². The summed E-state index contributed by atoms with van der Waals surface area (Å²) in [6, 6.07) is 3.13. The van der Waals surface area contributed by atoms with E-state index in [1.54, 1.807) is 12.3 Å². The molecule has 0 aromatic carbocycles. The van der Waals surface area contributed by atoms with Crippen LogP contribution in [-0.4, -0.2) is 42.8 Å². The molecule has 0 bridgehead atoms. The minimum Gasteiger partial charge on any atom is -0.384 e. The molecule has 116 valence electrons. The van der Waals surface area contributed by atoms with Crippen LogP contribution in [0.15, 0.2) is 29.6 Å². The number of nitrogens with two attached hydrogens (primary N) is 1. The molecule has 9 heteroatoms. The van der Waals surface area contributed by atoms with Crippen molar-refractivity contribution in [1.82, 2.24) is 15.0 Å². The van der Waals surface area contributed by atoms with Gasteiger partial charge in [-0.3, -0.25) is 0 Å². The highest BCUT2D eigenvalue weighted by Gasteiger charge is 2.24. The quantitative estimate of drug-likeness (QED) is 0.845. The maximum Gasteiger partial charge on any atom is 0.179 e. The first-order valence-electron chi connectivity index (χ1n) is 6.56. The number of nitrogens with one attached hydrogen (secondary N) is 1. The van der Waals surface area contributed by atoms with Crippen molar-refractivity contribution in [2.45, 2.75) is 10.8 Å². The van der Waals surface area contributed by atoms with Gasteiger partial charge in [0.2, 0.25) is 0 Å². The summed E-state index contributed by atoms with van der Waals surface area (Å²) in [7, 11) is -3.44. The summed E-state index contributed by atoms with van der Waals surface area (Å²) in [5, 5.41) is 2.87. The summed E-state index contributed by atoms with van der Waals surface area (Å²) < 4.78 is 29.2. The van der Waals surface area contributed by atoms with Crippen LogP contribution in [-0.2, 0) is 14.6 Å². The van der Waals surface area contributed by atoms with Gasteiger partial charge in [0, 0.05) is 24.4 Å². The standard InChI is InChI=1S/C13H15N5O3S/c1-22(19,20)10-2-8(9-5-21-6-9)4-15-13(10)18-12-3-11(14)16-7-17-12/h2-4,7,9H,5-6H2,1H3,(H3,14,15,16,17,18). The fraction of sp³-hybridized carbons (Fsp3) is 0.308. The van der Waals surface area contributed by atoms with Gasteiger partial charge in [-0.1, -0.05) is 0 Å². The molecule has 0 amide bonds. The van der Waals surface area contributed by atoms with E-state index in [1.165, 1.54) is 12.4 Å². The van der Waals surface area contributed by atoms with Gasteiger partial charge >= 0.3 is 0 Å². The molecule has 1 aliphatic rings. The molecule has 8 nitrogen and oxygen atoms in total. The lowest BCUT2D eigenvalue weighted by molar-refractivity contribution is 0.00821. The monoisotopic (exact) mass is 321 g/mol. The SMILES string of the molecule is CS(=O)(=O)c1cc(C2COC2)cnc1Nc1cc(N)ncn1. The summed E-state index contributed by atoms with van der Waals surface area (Å²) >= 11 is 0. The van der Waals surface area contributed by atoms with Gasteiger partial charge in [-0.15, -0.1) is 0 Å². The third kappa shape index (κ3) is 3.00. The fourth-order valence-electron chi connectivity index (χ4n) is 2.05. The number of nitrogen functional groups attached to an aromatic ring is 1. The van der Waals surface area contributed by atoms with E-state index in [0.717, 1.165) is 11.8 Å². The van der Waals surface area contributed by atoms with E-state index < -0.39 is 9.84 Å². The molecule has 3 heterocycles. The number of ether oxygens (including phenoxy) is 1. The van der Waals surface area contributed by atoms with Gasteiger partial charge < -0.3 is 15.8 Å². The van der Waals surface area contributed by atoms with Gasteiger partial charge in [-0.05, 0) is 11.6 Å². The molecule has 0 atom stereocenters. The first-order valence-corrected chi connectivity index (χ1v) is 8.45. The first kappa shape index (κ1) is 14.7. The maximum absolute atomic E-state index is 12.0. The van der Waals surface area contributed by atoms with Crippen molar-refractivity contribution in [3.8, 4) is 0 Å². The molecule has 3 rings (SSSR count). The van der Waals surface area contributed by atoms with Crippen molar-refractivity contribution in [3.05, 3.63) is 30.2 Å². The van der Waals surface area contributed by atoms with Crippen molar-refractivity contribution >= 4 is 27.3 Å². The topological polar surface area (TPSA) is 120 Å². The number of nitrogens with zero attached hydrogens (tertiary/aromatic N) is 3. The zero-order chi connectivity index (χ0) is 15.7. The second-order valence-corrected chi connectivity index (χ2v) is 7.06. The Kier molecular flexibility index (Phi) is 3.67. The smallest absolute Gasteiger partial charge is 0.179 e. The molecule has 1 saturated heterocycles. The van der Waals surface area contributed by atoms with Crippen LogP contribution in [0.5, 0.6) is 0 Å². The van der Waals surface area contributed by atoms with Crippen LogP contribution in [0, 0.1) is 0 Å². The Hall–Kier alpha value is -2.26. The van der Waals surface area contributed by atoms with Gasteiger partial charge in [-0.25, -0.2) is 23.4 Å². The Labute approximate surface area is 127 Å². The summed E-state index contributed by atoms with van der Waals surface area (Å²) in [6.45, 7) is 1.17. The molecule has 2 aromatic rings. The molecule has 0 spiro atoms. The summed E-state index contributed by atoms with van der Waals surface area (Å²) in [6.07, 6.45) is 4.08. The van der Waals surface area contributed by atoms with Crippen LogP contribution >= 0.6 is 0 Å². The van der Waals surface area contributed by atoms with Crippen LogP contribution in [0.3, 0.4) is 0 Å². The average molecular weight is 321 g/mol. The van der Waals surface area contributed by atoms with Crippen LogP contribution < -0.4 is 11.1 Å². The van der Waals surface area contributed by atoms with Crippen molar-refractivity contribution in [1.29, 1.82) is 0 Å². The number of hydrogen-bond donors (Lipinski definition) is 2. The lowest BCUT2D eigenvalue weighted by atomic mass is 10.00. The number of sulfone groups is 1. The highest BCUT2D eigenvalue weighted by atomic mass is 32.2. The summed E-state index contributed by atoms with van der Waals surface area (Å²) in [4.78, 5) is 12.1. The Balaban J connectivity index is 1.99. The Bertz CT molecular complexity index is 805. The van der Waals surface area contributed by atoms with E-state index >= 15 is 0 Å². The Morgan fingerprint density at radius 3 is 2.64 bits per heavy atom. The molecule has 0 unspecified atom stereocenters. The third-order valence-corrected chi connectivity index (χ3v) is 4.43. The van der Waals surface area contributed by atoms with Crippen molar-refractivity contribution in [2.75, 3.05) is 30.5 Å². The van der Waals surface area contributed by atoms with Crippen LogP contribution in [0.4, 0.5) is 17.5 Å². The molecule has 3 N–H and O–H groups in total. The van der Waals surface area contributed by atoms with E-state index in [0.29, 0.717) is 19.0 Å². The fourth-order valence-corrected chi connectivity index (χ4v) is 2.85. The number of rotatable bonds is 4. The molecule has 2 aromatic heterocycles. The zero-order valence-corrected chi connectivity index (χ0v) is 12.7.